The van der Waals surface area contributed by atoms with Gasteiger partial charge >= 0.3 is 5.97 Å². The third-order valence-electron chi connectivity index (χ3n) is 4.86. The molecule has 0 unspecified atom stereocenters. The summed E-state index contributed by atoms with van der Waals surface area (Å²) in [6.07, 6.45) is 6.91. The van der Waals surface area contributed by atoms with E-state index >= 15 is 0 Å². The molecule has 1 amide bonds. The topological polar surface area (TPSA) is 60.8 Å². The summed E-state index contributed by atoms with van der Waals surface area (Å²) in [7, 11) is 3.00. The Kier molecular flexibility index (Phi) is 5.96. The van der Waals surface area contributed by atoms with Crippen molar-refractivity contribution in [3.8, 4) is 5.75 Å². The maximum absolute atomic E-state index is 12.5. The zero-order valence-electron chi connectivity index (χ0n) is 15.6. The van der Waals surface area contributed by atoms with E-state index in [1.54, 1.807) is 25.3 Å². The van der Waals surface area contributed by atoms with Gasteiger partial charge in [0, 0.05) is 31.4 Å². The number of benzene rings is 1. The number of aromatic nitrogens is 1. The maximum Gasteiger partial charge on any atom is 0.354 e. The first-order valence-electron chi connectivity index (χ1n) is 8.98. The molecule has 142 valence electrons. The van der Waals surface area contributed by atoms with Crippen LogP contribution in [0.5, 0.6) is 5.75 Å². The van der Waals surface area contributed by atoms with Crippen molar-refractivity contribution < 1.29 is 19.1 Å². The summed E-state index contributed by atoms with van der Waals surface area (Å²) in [5.74, 6) is 0.426. The molecular weight excluding hydrogens is 344 g/mol. The zero-order valence-corrected chi connectivity index (χ0v) is 15.6. The number of carbonyl (C=O) groups is 2. The van der Waals surface area contributed by atoms with E-state index in [4.69, 9.17) is 9.47 Å². The molecule has 1 aliphatic rings. The highest BCUT2D eigenvalue weighted by molar-refractivity contribution is 5.92. The smallest absolute Gasteiger partial charge is 0.354 e. The summed E-state index contributed by atoms with van der Waals surface area (Å²) < 4.78 is 12.0. The van der Waals surface area contributed by atoms with E-state index in [1.165, 1.54) is 7.11 Å². The van der Waals surface area contributed by atoms with Crippen molar-refractivity contribution in [2.45, 2.75) is 18.9 Å². The number of amides is 1. The second-order valence-corrected chi connectivity index (χ2v) is 6.46. The highest BCUT2D eigenvalue weighted by Crippen LogP contribution is 2.25. The van der Waals surface area contributed by atoms with Crippen LogP contribution in [-0.4, -0.2) is 48.7 Å². The number of piperidine rings is 1. The third-order valence-corrected chi connectivity index (χ3v) is 4.86. The highest BCUT2D eigenvalue weighted by atomic mass is 16.5. The van der Waals surface area contributed by atoms with Crippen molar-refractivity contribution in [2.24, 2.45) is 0 Å². The van der Waals surface area contributed by atoms with Crippen LogP contribution in [0.1, 0.15) is 34.9 Å². The summed E-state index contributed by atoms with van der Waals surface area (Å²) in [6.45, 7) is 1.31. The minimum Gasteiger partial charge on any atom is -0.497 e. The largest absolute Gasteiger partial charge is 0.497 e. The zero-order chi connectivity index (χ0) is 19.2. The fraction of sp³-hybridized carbons (Fsp3) is 0.333. The summed E-state index contributed by atoms with van der Waals surface area (Å²) in [5, 5.41) is 0. The number of rotatable bonds is 5. The van der Waals surface area contributed by atoms with Gasteiger partial charge in [-0.3, -0.25) is 4.79 Å². The van der Waals surface area contributed by atoms with Crippen molar-refractivity contribution in [1.82, 2.24) is 9.47 Å². The van der Waals surface area contributed by atoms with Crippen molar-refractivity contribution >= 4 is 18.0 Å². The fourth-order valence-electron chi connectivity index (χ4n) is 3.37. The summed E-state index contributed by atoms with van der Waals surface area (Å²) >= 11 is 0. The van der Waals surface area contributed by atoms with Gasteiger partial charge < -0.3 is 18.9 Å². The predicted molar refractivity (Wildman–Crippen MR) is 103 cm³/mol. The Balaban J connectivity index is 1.59. The first-order valence-corrected chi connectivity index (χ1v) is 8.98. The molecule has 0 radical (unpaired) electrons. The standard InChI is InChI=1S/C21H24N2O4/c1-26-18-6-3-5-16(15-18)8-9-20(24)22-13-10-17(11-14-22)23-12-4-7-19(23)21(25)27-2/h3-9,12,15,17H,10-11,13-14H2,1-2H3/b9-8+. The number of hydrogen-bond acceptors (Lipinski definition) is 4. The third kappa shape index (κ3) is 4.39. The van der Waals surface area contributed by atoms with Gasteiger partial charge in [0.15, 0.2) is 0 Å². The predicted octanol–water partition coefficient (Wildman–Crippen LogP) is 3.16. The Morgan fingerprint density at radius 2 is 1.89 bits per heavy atom. The molecule has 6 nitrogen and oxygen atoms in total. The lowest BCUT2D eigenvalue weighted by Gasteiger charge is -2.32. The van der Waals surface area contributed by atoms with Crippen LogP contribution in [0, 0.1) is 0 Å². The maximum atomic E-state index is 12.5. The molecule has 27 heavy (non-hydrogen) atoms. The lowest BCUT2D eigenvalue weighted by atomic mass is 10.0. The summed E-state index contributed by atoms with van der Waals surface area (Å²) in [5.41, 5.74) is 1.48. The number of hydrogen-bond donors (Lipinski definition) is 0. The van der Waals surface area contributed by atoms with Gasteiger partial charge in [0.2, 0.25) is 5.91 Å². The molecule has 0 bridgehead atoms. The normalized spacial score (nSPS) is 15.1. The number of esters is 1. The van der Waals surface area contributed by atoms with E-state index in [0.717, 1.165) is 24.2 Å². The average Bonchev–Trinajstić information content (AvgIpc) is 3.21. The molecule has 6 heteroatoms. The van der Waals surface area contributed by atoms with Gasteiger partial charge in [-0.15, -0.1) is 0 Å². The minimum atomic E-state index is -0.334. The van der Waals surface area contributed by atoms with Crippen molar-refractivity contribution in [3.63, 3.8) is 0 Å². The van der Waals surface area contributed by atoms with Gasteiger partial charge in [0.25, 0.3) is 0 Å². The van der Waals surface area contributed by atoms with E-state index in [2.05, 4.69) is 0 Å². The minimum absolute atomic E-state index is 0.00281. The van der Waals surface area contributed by atoms with Crippen LogP contribution in [0.2, 0.25) is 0 Å². The fourth-order valence-corrected chi connectivity index (χ4v) is 3.37. The Morgan fingerprint density at radius 3 is 2.59 bits per heavy atom. The molecule has 0 spiro atoms. The second kappa shape index (κ2) is 8.58. The molecule has 0 aliphatic carbocycles. The van der Waals surface area contributed by atoms with E-state index in [1.807, 2.05) is 46.0 Å². The average molecular weight is 368 g/mol. The highest BCUT2D eigenvalue weighted by Gasteiger charge is 2.25. The van der Waals surface area contributed by atoms with Gasteiger partial charge in [0.1, 0.15) is 11.4 Å². The molecule has 1 fully saturated rings. The molecular formula is C21H24N2O4. The van der Waals surface area contributed by atoms with Gasteiger partial charge in [-0.2, -0.15) is 0 Å². The number of likely N-dealkylation sites (tertiary alicyclic amines) is 1. The number of methoxy groups -OCH3 is 2. The van der Waals surface area contributed by atoms with E-state index in [0.29, 0.717) is 18.8 Å². The quantitative estimate of drug-likeness (QED) is 0.601. The van der Waals surface area contributed by atoms with Crippen LogP contribution >= 0.6 is 0 Å². The molecule has 0 saturated carbocycles. The van der Waals surface area contributed by atoms with Crippen LogP contribution < -0.4 is 4.74 Å². The second-order valence-electron chi connectivity index (χ2n) is 6.46. The van der Waals surface area contributed by atoms with Crippen LogP contribution in [0.3, 0.4) is 0 Å². The van der Waals surface area contributed by atoms with Gasteiger partial charge in [0.05, 0.1) is 14.2 Å². The Bertz CT molecular complexity index is 832. The summed E-state index contributed by atoms with van der Waals surface area (Å²) in [6, 6.07) is 11.4. The lowest BCUT2D eigenvalue weighted by Crippen LogP contribution is -2.38. The van der Waals surface area contributed by atoms with Crippen molar-refractivity contribution in [1.29, 1.82) is 0 Å². The van der Waals surface area contributed by atoms with Crippen LogP contribution in [-0.2, 0) is 9.53 Å². The van der Waals surface area contributed by atoms with E-state index in [-0.39, 0.29) is 17.9 Å². The molecule has 1 aromatic heterocycles. The molecule has 1 saturated heterocycles. The SMILES string of the molecule is COC(=O)c1cccn1C1CCN(C(=O)/C=C/c2cccc(OC)c2)CC1. The van der Waals surface area contributed by atoms with Gasteiger partial charge in [-0.1, -0.05) is 12.1 Å². The van der Waals surface area contributed by atoms with Crippen LogP contribution in [0.15, 0.2) is 48.7 Å². The number of ether oxygens (including phenoxy) is 2. The Hall–Kier alpha value is -3.02. The molecule has 1 aliphatic heterocycles. The first kappa shape index (κ1) is 18.8. The molecule has 1 aromatic carbocycles. The van der Waals surface area contributed by atoms with E-state index < -0.39 is 0 Å². The number of nitrogens with zero attached hydrogens (tertiary/aromatic N) is 2. The molecule has 0 atom stereocenters. The Morgan fingerprint density at radius 1 is 1.11 bits per heavy atom. The van der Waals surface area contributed by atoms with Crippen molar-refractivity contribution in [2.75, 3.05) is 27.3 Å². The molecule has 2 heterocycles. The number of carbonyl (C=O) groups excluding carboxylic acids is 2. The monoisotopic (exact) mass is 368 g/mol. The van der Waals surface area contributed by atoms with Gasteiger partial charge in [-0.05, 0) is 48.7 Å². The first-order chi connectivity index (χ1) is 13.1. The summed E-state index contributed by atoms with van der Waals surface area (Å²) in [4.78, 5) is 26.2. The van der Waals surface area contributed by atoms with E-state index in [9.17, 15) is 9.59 Å². The van der Waals surface area contributed by atoms with Crippen LogP contribution in [0.25, 0.3) is 6.08 Å². The van der Waals surface area contributed by atoms with Gasteiger partial charge in [-0.25, -0.2) is 4.79 Å². The molecule has 2 aromatic rings. The molecule has 0 N–H and O–H groups in total. The lowest BCUT2D eigenvalue weighted by molar-refractivity contribution is -0.127. The molecule has 3 rings (SSSR count). The Labute approximate surface area is 159 Å². The van der Waals surface area contributed by atoms with Crippen molar-refractivity contribution in [3.05, 3.63) is 59.9 Å². The van der Waals surface area contributed by atoms with Crippen LogP contribution in [0.4, 0.5) is 0 Å².